The van der Waals surface area contributed by atoms with Gasteiger partial charge in [0, 0.05) is 0 Å². The molecule has 0 spiro atoms. The summed E-state index contributed by atoms with van der Waals surface area (Å²) in [6.07, 6.45) is 0. The molecule has 0 radical (unpaired) electrons. The average molecular weight is 343 g/mol. The van der Waals surface area contributed by atoms with Crippen LogP contribution in [0.4, 0.5) is 5.69 Å². The molecule has 0 bridgehead atoms. The first-order chi connectivity index (χ1) is 11.5. The van der Waals surface area contributed by atoms with Gasteiger partial charge in [0.05, 0.1) is 18.3 Å². The molecule has 0 fully saturated rings. The summed E-state index contributed by atoms with van der Waals surface area (Å²) < 4.78 is 5.64. The van der Waals surface area contributed by atoms with Crippen molar-refractivity contribution < 1.29 is 4.74 Å². The molecule has 0 aromatic heterocycles. The monoisotopic (exact) mass is 342 g/mol. The molecule has 2 rings (SSSR count). The fourth-order valence-corrected chi connectivity index (χ4v) is 2.93. The Morgan fingerprint density at radius 3 is 2.42 bits per heavy atom. The largest absolute Gasteiger partial charge is 0.492 e. The van der Waals surface area contributed by atoms with Gasteiger partial charge in [0.15, 0.2) is 5.11 Å². The lowest BCUT2D eigenvalue weighted by atomic mass is 9.93. The van der Waals surface area contributed by atoms with Gasteiger partial charge in [0.1, 0.15) is 5.75 Å². The van der Waals surface area contributed by atoms with Gasteiger partial charge in [-0.2, -0.15) is 0 Å². The summed E-state index contributed by atoms with van der Waals surface area (Å²) in [5.41, 5.74) is 3.42. The lowest BCUT2D eigenvalue weighted by Crippen LogP contribution is -2.35. The fourth-order valence-electron chi connectivity index (χ4n) is 2.69. The Balaban J connectivity index is 2.14. The minimum absolute atomic E-state index is 0.158. The number of nitrogens with one attached hydrogen (secondary N) is 2. The molecule has 4 heteroatoms. The van der Waals surface area contributed by atoms with Crippen molar-refractivity contribution in [2.24, 2.45) is 5.92 Å². The zero-order valence-corrected chi connectivity index (χ0v) is 15.6. The predicted octanol–water partition coefficient (Wildman–Crippen LogP) is 5.08. The van der Waals surface area contributed by atoms with Crippen molar-refractivity contribution in [3.63, 3.8) is 0 Å². The number of rotatable bonds is 6. The van der Waals surface area contributed by atoms with Crippen molar-refractivity contribution >= 4 is 23.0 Å². The minimum Gasteiger partial charge on any atom is -0.492 e. The van der Waals surface area contributed by atoms with Crippen LogP contribution in [0.25, 0.3) is 0 Å². The first kappa shape index (κ1) is 18.3. The standard InChI is InChI=1S/C20H26N2OS/c1-5-23-18-13-9-8-12-17(18)21-20(24)22-19(14(2)3)16-11-7-6-10-15(16)4/h6-14,19H,5H2,1-4H3,(H2,21,22,24). The number of hydrogen-bond acceptors (Lipinski definition) is 2. The molecule has 0 saturated carbocycles. The molecule has 0 aliphatic rings. The van der Waals surface area contributed by atoms with Gasteiger partial charge < -0.3 is 15.4 Å². The van der Waals surface area contributed by atoms with Gasteiger partial charge >= 0.3 is 0 Å². The molecule has 1 unspecified atom stereocenters. The quantitative estimate of drug-likeness (QED) is 0.718. The van der Waals surface area contributed by atoms with Crippen molar-refractivity contribution in [3.8, 4) is 5.75 Å². The first-order valence-electron chi connectivity index (χ1n) is 8.37. The van der Waals surface area contributed by atoms with Crippen LogP contribution >= 0.6 is 12.2 Å². The summed E-state index contributed by atoms with van der Waals surface area (Å²) in [7, 11) is 0. The Morgan fingerprint density at radius 1 is 1.08 bits per heavy atom. The van der Waals surface area contributed by atoms with E-state index in [2.05, 4.69) is 55.7 Å². The van der Waals surface area contributed by atoms with Gasteiger partial charge in [0.25, 0.3) is 0 Å². The summed E-state index contributed by atoms with van der Waals surface area (Å²) in [4.78, 5) is 0. The minimum atomic E-state index is 0.158. The van der Waals surface area contributed by atoms with Gasteiger partial charge in [-0.25, -0.2) is 0 Å². The number of benzene rings is 2. The van der Waals surface area contributed by atoms with E-state index in [9.17, 15) is 0 Å². The molecule has 0 heterocycles. The van der Waals surface area contributed by atoms with Crippen LogP contribution in [0, 0.1) is 12.8 Å². The van der Waals surface area contributed by atoms with Gasteiger partial charge in [-0.1, -0.05) is 50.2 Å². The van der Waals surface area contributed by atoms with Crippen LogP contribution in [0.3, 0.4) is 0 Å². The van der Waals surface area contributed by atoms with Crippen molar-refractivity contribution in [1.29, 1.82) is 0 Å². The highest BCUT2D eigenvalue weighted by Crippen LogP contribution is 2.26. The summed E-state index contributed by atoms with van der Waals surface area (Å²) in [6.45, 7) is 9.12. The number of ether oxygens (including phenoxy) is 1. The molecule has 0 aliphatic carbocycles. The second-order valence-electron chi connectivity index (χ2n) is 6.11. The summed E-state index contributed by atoms with van der Waals surface area (Å²) in [5, 5.41) is 7.32. The van der Waals surface area contributed by atoms with E-state index in [-0.39, 0.29) is 6.04 Å². The third kappa shape index (κ3) is 4.71. The van der Waals surface area contributed by atoms with Crippen LogP contribution in [0.15, 0.2) is 48.5 Å². The van der Waals surface area contributed by atoms with Crippen molar-refractivity contribution in [2.45, 2.75) is 33.7 Å². The number of aryl methyl sites for hydroxylation is 1. The molecule has 2 aromatic carbocycles. The highest BCUT2D eigenvalue weighted by atomic mass is 32.1. The molecule has 24 heavy (non-hydrogen) atoms. The Bertz CT molecular complexity index is 685. The molecular formula is C20H26N2OS. The lowest BCUT2D eigenvalue weighted by Gasteiger charge is -2.26. The molecule has 2 aromatic rings. The summed E-state index contributed by atoms with van der Waals surface area (Å²) in [5.74, 6) is 1.22. The number of thiocarbonyl (C=S) groups is 1. The van der Waals surface area contributed by atoms with Gasteiger partial charge in [-0.15, -0.1) is 0 Å². The Hall–Kier alpha value is -2.07. The molecule has 2 N–H and O–H groups in total. The average Bonchev–Trinajstić information content (AvgIpc) is 2.55. The van der Waals surface area contributed by atoms with E-state index in [4.69, 9.17) is 17.0 Å². The van der Waals surface area contributed by atoms with E-state index in [0.29, 0.717) is 17.6 Å². The Kier molecular flexibility index (Phi) is 6.62. The maximum atomic E-state index is 5.64. The van der Waals surface area contributed by atoms with E-state index < -0.39 is 0 Å². The lowest BCUT2D eigenvalue weighted by molar-refractivity contribution is 0.342. The van der Waals surface area contributed by atoms with Crippen molar-refractivity contribution in [1.82, 2.24) is 5.32 Å². The van der Waals surface area contributed by atoms with E-state index >= 15 is 0 Å². The summed E-state index contributed by atoms with van der Waals surface area (Å²) >= 11 is 5.54. The molecule has 128 valence electrons. The van der Waals surface area contributed by atoms with Crippen LogP contribution in [0.1, 0.15) is 37.9 Å². The van der Waals surface area contributed by atoms with E-state index in [0.717, 1.165) is 11.4 Å². The van der Waals surface area contributed by atoms with E-state index in [1.54, 1.807) is 0 Å². The molecule has 0 saturated heterocycles. The van der Waals surface area contributed by atoms with Crippen LogP contribution in [-0.2, 0) is 0 Å². The van der Waals surface area contributed by atoms with Crippen molar-refractivity contribution in [2.75, 3.05) is 11.9 Å². The topological polar surface area (TPSA) is 33.3 Å². The fraction of sp³-hybridized carbons (Fsp3) is 0.350. The second kappa shape index (κ2) is 8.69. The maximum Gasteiger partial charge on any atom is 0.171 e. The van der Waals surface area contributed by atoms with Crippen molar-refractivity contribution in [3.05, 3.63) is 59.7 Å². The molecule has 1 atom stereocenters. The first-order valence-corrected chi connectivity index (χ1v) is 8.78. The zero-order valence-electron chi connectivity index (χ0n) is 14.8. The SMILES string of the molecule is CCOc1ccccc1NC(=S)NC(c1ccccc1C)C(C)C. The second-order valence-corrected chi connectivity index (χ2v) is 6.51. The van der Waals surface area contributed by atoms with Gasteiger partial charge in [-0.05, 0) is 55.2 Å². The molecule has 3 nitrogen and oxygen atoms in total. The normalized spacial score (nSPS) is 11.9. The van der Waals surface area contributed by atoms with E-state index in [1.807, 2.05) is 31.2 Å². The van der Waals surface area contributed by atoms with Crippen LogP contribution in [0.5, 0.6) is 5.75 Å². The maximum absolute atomic E-state index is 5.64. The highest BCUT2D eigenvalue weighted by molar-refractivity contribution is 7.80. The van der Waals surface area contributed by atoms with Crippen LogP contribution < -0.4 is 15.4 Å². The number of anilines is 1. The third-order valence-electron chi connectivity index (χ3n) is 3.91. The third-order valence-corrected chi connectivity index (χ3v) is 4.13. The van der Waals surface area contributed by atoms with E-state index in [1.165, 1.54) is 11.1 Å². The smallest absolute Gasteiger partial charge is 0.171 e. The number of para-hydroxylation sites is 2. The summed E-state index contributed by atoms with van der Waals surface area (Å²) in [6, 6.07) is 16.4. The van der Waals surface area contributed by atoms with Gasteiger partial charge in [-0.3, -0.25) is 0 Å². The van der Waals surface area contributed by atoms with Crippen LogP contribution in [0.2, 0.25) is 0 Å². The van der Waals surface area contributed by atoms with Gasteiger partial charge in [0.2, 0.25) is 0 Å². The molecular weight excluding hydrogens is 316 g/mol. The van der Waals surface area contributed by atoms with Crippen LogP contribution in [-0.4, -0.2) is 11.7 Å². The highest BCUT2D eigenvalue weighted by Gasteiger charge is 2.18. The Morgan fingerprint density at radius 2 is 1.75 bits per heavy atom. The molecule has 0 amide bonds. The number of hydrogen-bond donors (Lipinski definition) is 2. The zero-order chi connectivity index (χ0) is 17.5. The molecule has 0 aliphatic heterocycles. The Labute approximate surface area is 150 Å². The predicted molar refractivity (Wildman–Crippen MR) is 106 cm³/mol.